The van der Waals surface area contributed by atoms with Crippen molar-refractivity contribution in [2.75, 3.05) is 13.7 Å². The zero-order chi connectivity index (χ0) is 22.2. The van der Waals surface area contributed by atoms with Crippen LogP contribution in [0.2, 0.25) is 5.02 Å². The van der Waals surface area contributed by atoms with Crippen LogP contribution in [0.25, 0.3) is 0 Å². The number of amides is 2. The van der Waals surface area contributed by atoms with Gasteiger partial charge in [-0.05, 0) is 49.6 Å². The topological polar surface area (TPSA) is 67.9 Å². The van der Waals surface area contributed by atoms with E-state index < -0.39 is 6.04 Å². The molecule has 1 aliphatic carbocycles. The number of methoxy groups -OCH3 is 1. The summed E-state index contributed by atoms with van der Waals surface area (Å²) in [7, 11) is 1.55. The van der Waals surface area contributed by atoms with Crippen LogP contribution in [-0.2, 0) is 16.1 Å². The van der Waals surface area contributed by atoms with Gasteiger partial charge in [0.1, 0.15) is 6.04 Å². The van der Waals surface area contributed by atoms with Crippen molar-refractivity contribution in [2.45, 2.75) is 51.2 Å². The Balaban J connectivity index is 1.72. The Bertz CT molecular complexity index is 881. The second-order valence-corrected chi connectivity index (χ2v) is 8.19. The van der Waals surface area contributed by atoms with Gasteiger partial charge in [0.2, 0.25) is 5.91 Å². The predicted molar refractivity (Wildman–Crippen MR) is 120 cm³/mol. The summed E-state index contributed by atoms with van der Waals surface area (Å²) in [4.78, 5) is 27.5. The average molecular weight is 445 g/mol. The Morgan fingerprint density at radius 1 is 1.10 bits per heavy atom. The molecule has 1 N–H and O–H groups in total. The summed E-state index contributed by atoms with van der Waals surface area (Å²) in [5.74, 6) is 0.598. The van der Waals surface area contributed by atoms with Gasteiger partial charge in [0, 0.05) is 17.6 Å². The van der Waals surface area contributed by atoms with Gasteiger partial charge in [-0.2, -0.15) is 0 Å². The van der Waals surface area contributed by atoms with Crippen molar-refractivity contribution in [3.05, 3.63) is 59.1 Å². The van der Waals surface area contributed by atoms with E-state index in [9.17, 15) is 9.59 Å². The zero-order valence-corrected chi connectivity index (χ0v) is 18.7. The van der Waals surface area contributed by atoms with Crippen LogP contribution in [0.3, 0.4) is 0 Å². The normalized spacial score (nSPS) is 14.7. The number of halogens is 1. The number of hydrogen-bond acceptors (Lipinski definition) is 4. The lowest BCUT2D eigenvalue weighted by atomic mass is 10.1. The summed E-state index contributed by atoms with van der Waals surface area (Å²) in [5.41, 5.74) is 0.885. The van der Waals surface area contributed by atoms with Gasteiger partial charge in [-0.25, -0.2) is 0 Å². The molecule has 1 fully saturated rings. The number of ether oxygens (including phenoxy) is 2. The third-order valence-corrected chi connectivity index (χ3v) is 5.81. The van der Waals surface area contributed by atoms with Gasteiger partial charge in [0.05, 0.1) is 7.11 Å². The van der Waals surface area contributed by atoms with E-state index in [0.29, 0.717) is 16.5 Å². The average Bonchev–Trinajstić information content (AvgIpc) is 3.29. The van der Waals surface area contributed by atoms with Gasteiger partial charge >= 0.3 is 0 Å². The lowest BCUT2D eigenvalue weighted by molar-refractivity contribution is -0.142. The molecule has 0 radical (unpaired) electrons. The van der Waals surface area contributed by atoms with Crippen molar-refractivity contribution in [1.29, 1.82) is 0 Å². The van der Waals surface area contributed by atoms with E-state index in [2.05, 4.69) is 5.32 Å². The number of carbonyl (C=O) groups is 2. The molecule has 0 heterocycles. The molecule has 3 rings (SSSR count). The van der Waals surface area contributed by atoms with Gasteiger partial charge in [-0.1, -0.05) is 48.7 Å². The summed E-state index contributed by atoms with van der Waals surface area (Å²) in [6, 6.07) is 14.0. The smallest absolute Gasteiger partial charge is 0.261 e. The maximum absolute atomic E-state index is 13.1. The Kier molecular flexibility index (Phi) is 8.18. The van der Waals surface area contributed by atoms with Crippen LogP contribution in [-0.4, -0.2) is 42.5 Å². The van der Waals surface area contributed by atoms with Gasteiger partial charge in [-0.3, -0.25) is 9.59 Å². The Hall–Kier alpha value is -2.73. The van der Waals surface area contributed by atoms with Gasteiger partial charge < -0.3 is 19.7 Å². The molecule has 2 aromatic carbocycles. The highest BCUT2D eigenvalue weighted by Gasteiger charge is 2.28. The molecule has 6 nitrogen and oxygen atoms in total. The van der Waals surface area contributed by atoms with E-state index in [4.69, 9.17) is 21.1 Å². The fourth-order valence-corrected chi connectivity index (χ4v) is 3.85. The van der Waals surface area contributed by atoms with E-state index in [-0.39, 0.29) is 31.0 Å². The van der Waals surface area contributed by atoms with Crippen molar-refractivity contribution in [3.8, 4) is 11.5 Å². The molecular formula is C24H29ClN2O4. The lowest BCUT2D eigenvalue weighted by Gasteiger charge is -2.29. The first-order valence-corrected chi connectivity index (χ1v) is 11.0. The highest BCUT2D eigenvalue weighted by molar-refractivity contribution is 6.30. The Morgan fingerprint density at radius 2 is 1.74 bits per heavy atom. The quantitative estimate of drug-likeness (QED) is 0.629. The monoisotopic (exact) mass is 444 g/mol. The summed E-state index contributed by atoms with van der Waals surface area (Å²) in [5, 5.41) is 3.70. The van der Waals surface area contributed by atoms with E-state index in [1.165, 1.54) is 0 Å². The van der Waals surface area contributed by atoms with Crippen LogP contribution in [0.15, 0.2) is 48.5 Å². The number of benzene rings is 2. The molecule has 1 atom stereocenters. The molecule has 31 heavy (non-hydrogen) atoms. The first-order valence-electron chi connectivity index (χ1n) is 10.6. The first-order chi connectivity index (χ1) is 15.0. The Labute approximate surface area is 188 Å². The predicted octanol–water partition coefficient (Wildman–Crippen LogP) is 4.20. The van der Waals surface area contributed by atoms with Crippen molar-refractivity contribution in [3.63, 3.8) is 0 Å². The summed E-state index contributed by atoms with van der Waals surface area (Å²) in [6.07, 6.45) is 4.22. The molecule has 1 saturated carbocycles. The Morgan fingerprint density at radius 3 is 2.39 bits per heavy atom. The van der Waals surface area contributed by atoms with E-state index in [1.54, 1.807) is 43.2 Å². The molecule has 0 unspecified atom stereocenters. The third-order valence-electron chi connectivity index (χ3n) is 5.56. The van der Waals surface area contributed by atoms with Crippen LogP contribution in [0.5, 0.6) is 11.5 Å². The van der Waals surface area contributed by atoms with Crippen molar-refractivity contribution in [2.24, 2.45) is 0 Å². The van der Waals surface area contributed by atoms with Crippen LogP contribution >= 0.6 is 11.6 Å². The molecule has 0 saturated heterocycles. The standard InChI is InChI=1S/C24H29ClN2O4/c1-17(24(29)26-20-7-3-4-8-20)27(15-18-11-13-19(25)14-12-18)23(28)16-31-22-10-6-5-9-21(22)30-2/h5-6,9-14,17,20H,3-4,7-8,15-16H2,1-2H3,(H,26,29)/t17-/m0/s1. The summed E-state index contributed by atoms with van der Waals surface area (Å²) in [6.45, 7) is 1.83. The van der Waals surface area contributed by atoms with Gasteiger partial charge in [-0.15, -0.1) is 0 Å². The van der Waals surface area contributed by atoms with Crippen molar-refractivity contribution >= 4 is 23.4 Å². The molecule has 2 aromatic rings. The van der Waals surface area contributed by atoms with E-state index in [0.717, 1.165) is 31.2 Å². The van der Waals surface area contributed by atoms with E-state index in [1.807, 2.05) is 24.3 Å². The molecule has 0 aliphatic heterocycles. The second kappa shape index (κ2) is 11.0. The van der Waals surface area contributed by atoms with Crippen molar-refractivity contribution < 1.29 is 19.1 Å². The largest absolute Gasteiger partial charge is 0.493 e. The molecule has 166 valence electrons. The number of hydrogen-bond donors (Lipinski definition) is 1. The molecule has 1 aliphatic rings. The maximum Gasteiger partial charge on any atom is 0.261 e. The molecule has 2 amide bonds. The summed E-state index contributed by atoms with van der Waals surface area (Å²) >= 11 is 5.99. The number of nitrogens with one attached hydrogen (secondary N) is 1. The maximum atomic E-state index is 13.1. The highest BCUT2D eigenvalue weighted by Crippen LogP contribution is 2.26. The summed E-state index contributed by atoms with van der Waals surface area (Å²) < 4.78 is 11.0. The molecule has 0 bridgehead atoms. The number of rotatable bonds is 9. The molecular weight excluding hydrogens is 416 g/mol. The second-order valence-electron chi connectivity index (χ2n) is 7.75. The molecule has 7 heteroatoms. The number of carbonyl (C=O) groups excluding carboxylic acids is 2. The minimum atomic E-state index is -0.634. The molecule has 0 aromatic heterocycles. The van der Waals surface area contributed by atoms with E-state index >= 15 is 0 Å². The van der Waals surface area contributed by atoms with Crippen molar-refractivity contribution in [1.82, 2.24) is 10.2 Å². The fraction of sp³-hybridized carbons (Fsp3) is 0.417. The number of nitrogens with zero attached hydrogens (tertiary/aromatic N) is 1. The van der Waals surface area contributed by atoms with Gasteiger partial charge in [0.15, 0.2) is 18.1 Å². The lowest BCUT2D eigenvalue weighted by Crippen LogP contribution is -2.50. The third kappa shape index (κ3) is 6.37. The molecule has 0 spiro atoms. The zero-order valence-electron chi connectivity index (χ0n) is 18.0. The minimum Gasteiger partial charge on any atom is -0.493 e. The van der Waals surface area contributed by atoms with Crippen LogP contribution in [0.1, 0.15) is 38.2 Å². The number of para-hydroxylation sites is 2. The van der Waals surface area contributed by atoms with Gasteiger partial charge in [0.25, 0.3) is 5.91 Å². The van der Waals surface area contributed by atoms with Crippen LogP contribution < -0.4 is 14.8 Å². The highest BCUT2D eigenvalue weighted by atomic mass is 35.5. The van der Waals surface area contributed by atoms with Crippen LogP contribution in [0, 0.1) is 0 Å². The fourth-order valence-electron chi connectivity index (χ4n) is 3.72. The SMILES string of the molecule is COc1ccccc1OCC(=O)N(Cc1ccc(Cl)cc1)[C@@H](C)C(=O)NC1CCCC1. The first kappa shape index (κ1) is 22.9. The minimum absolute atomic E-state index is 0.147. The van der Waals surface area contributed by atoms with Crippen LogP contribution in [0.4, 0.5) is 0 Å².